The minimum Gasteiger partial charge on any atom is -0.388 e. The Morgan fingerprint density at radius 3 is 2.44 bits per heavy atom. The first-order valence-electron chi connectivity index (χ1n) is 8.92. The van der Waals surface area contributed by atoms with Crippen molar-refractivity contribution in [2.75, 3.05) is 6.54 Å². The number of rotatable bonds is 6. The predicted octanol–water partition coefficient (Wildman–Crippen LogP) is 5.63. The molecule has 27 heavy (non-hydrogen) atoms. The Labute approximate surface area is 156 Å². The highest BCUT2D eigenvalue weighted by Crippen LogP contribution is 2.31. The van der Waals surface area contributed by atoms with Gasteiger partial charge in [0.05, 0.1) is 11.7 Å². The Bertz CT molecular complexity index is 902. The molecule has 3 rings (SSSR count). The monoisotopic (exact) mass is 373 g/mol. The lowest BCUT2D eigenvalue weighted by atomic mass is 9.99. The number of hydrogen-bond acceptors (Lipinski definition) is 2. The van der Waals surface area contributed by atoms with Gasteiger partial charge < -0.3 is 10.4 Å². The van der Waals surface area contributed by atoms with Crippen molar-refractivity contribution in [2.45, 2.75) is 31.7 Å². The second kappa shape index (κ2) is 8.11. The van der Waals surface area contributed by atoms with Crippen molar-refractivity contribution < 1.29 is 18.3 Å². The summed E-state index contributed by atoms with van der Waals surface area (Å²) in [5.41, 5.74) is 0.697. The maximum atomic E-state index is 12.8. The van der Waals surface area contributed by atoms with Gasteiger partial charge in [0.15, 0.2) is 0 Å². The molecular weight excluding hydrogens is 351 g/mol. The number of aliphatic hydroxyl groups excluding tert-OH is 1. The van der Waals surface area contributed by atoms with E-state index in [0.29, 0.717) is 13.0 Å². The van der Waals surface area contributed by atoms with E-state index in [-0.39, 0.29) is 11.6 Å². The Hall–Kier alpha value is -2.37. The van der Waals surface area contributed by atoms with E-state index >= 15 is 0 Å². The smallest absolute Gasteiger partial charge is 0.388 e. The molecule has 0 bridgehead atoms. The van der Waals surface area contributed by atoms with Crippen molar-refractivity contribution in [1.82, 2.24) is 5.32 Å². The molecule has 3 aromatic rings. The van der Waals surface area contributed by atoms with E-state index in [0.717, 1.165) is 23.1 Å². The molecule has 3 aromatic carbocycles. The molecule has 0 saturated heterocycles. The summed E-state index contributed by atoms with van der Waals surface area (Å²) < 4.78 is 38.4. The molecular formula is C22H22F3NO. The van der Waals surface area contributed by atoms with Crippen LogP contribution in [0.2, 0.25) is 0 Å². The second-order valence-corrected chi connectivity index (χ2v) is 6.67. The summed E-state index contributed by atoms with van der Waals surface area (Å²) in [5, 5.41) is 15.9. The molecule has 2 N–H and O–H groups in total. The number of benzene rings is 3. The molecule has 0 aliphatic heterocycles. The molecule has 0 heterocycles. The normalized spacial score (nSPS) is 14.3. The maximum absolute atomic E-state index is 12.8. The molecule has 0 fully saturated rings. The number of nitrogens with one attached hydrogen (secondary N) is 1. The van der Waals surface area contributed by atoms with E-state index < -0.39 is 17.8 Å². The van der Waals surface area contributed by atoms with E-state index in [2.05, 4.69) is 29.6 Å². The van der Waals surface area contributed by atoms with Crippen molar-refractivity contribution in [2.24, 2.45) is 0 Å². The third-order valence-electron chi connectivity index (χ3n) is 4.76. The number of alkyl halides is 3. The summed E-state index contributed by atoms with van der Waals surface area (Å²) in [7, 11) is 0. The molecule has 142 valence electrons. The average Bonchev–Trinajstić information content (AvgIpc) is 2.66. The molecule has 0 amide bonds. The molecule has 2 nitrogen and oxygen atoms in total. The van der Waals surface area contributed by atoms with Crippen LogP contribution in [0.5, 0.6) is 0 Å². The molecule has 0 aliphatic carbocycles. The van der Waals surface area contributed by atoms with E-state index in [4.69, 9.17) is 0 Å². The fourth-order valence-electron chi connectivity index (χ4n) is 3.26. The SMILES string of the molecule is C[C@@H](NCCC(O)c1cccc(C(F)(F)F)c1)c1cccc2ccccc12. The van der Waals surface area contributed by atoms with E-state index in [1.54, 1.807) is 0 Å². The highest BCUT2D eigenvalue weighted by Gasteiger charge is 2.30. The van der Waals surface area contributed by atoms with Crippen LogP contribution in [0.1, 0.15) is 42.2 Å². The zero-order valence-corrected chi connectivity index (χ0v) is 15.0. The van der Waals surface area contributed by atoms with Gasteiger partial charge in [-0.05, 0) is 53.9 Å². The van der Waals surface area contributed by atoms with Gasteiger partial charge in [0.2, 0.25) is 0 Å². The molecule has 0 spiro atoms. The fraction of sp³-hybridized carbons (Fsp3) is 0.273. The Morgan fingerprint density at radius 2 is 1.67 bits per heavy atom. The van der Waals surface area contributed by atoms with Crippen LogP contribution in [0.4, 0.5) is 13.2 Å². The van der Waals surface area contributed by atoms with Gasteiger partial charge in [0.1, 0.15) is 0 Å². The van der Waals surface area contributed by atoms with Crippen molar-refractivity contribution in [3.05, 3.63) is 83.4 Å². The van der Waals surface area contributed by atoms with Gasteiger partial charge in [-0.3, -0.25) is 0 Å². The lowest BCUT2D eigenvalue weighted by Crippen LogP contribution is -2.21. The highest BCUT2D eigenvalue weighted by atomic mass is 19.4. The van der Waals surface area contributed by atoms with Crippen LogP contribution in [0, 0.1) is 0 Å². The molecule has 5 heteroatoms. The summed E-state index contributed by atoms with van der Waals surface area (Å²) in [5.74, 6) is 0. The third-order valence-corrected chi connectivity index (χ3v) is 4.76. The number of fused-ring (bicyclic) bond motifs is 1. The Morgan fingerprint density at radius 1 is 0.963 bits per heavy atom. The first-order chi connectivity index (χ1) is 12.9. The van der Waals surface area contributed by atoms with Crippen LogP contribution >= 0.6 is 0 Å². The van der Waals surface area contributed by atoms with Crippen molar-refractivity contribution >= 4 is 10.8 Å². The highest BCUT2D eigenvalue weighted by molar-refractivity contribution is 5.86. The summed E-state index contributed by atoms with van der Waals surface area (Å²) >= 11 is 0. The summed E-state index contributed by atoms with van der Waals surface area (Å²) in [4.78, 5) is 0. The fourth-order valence-corrected chi connectivity index (χ4v) is 3.26. The van der Waals surface area contributed by atoms with Crippen LogP contribution in [-0.4, -0.2) is 11.7 Å². The van der Waals surface area contributed by atoms with E-state index in [9.17, 15) is 18.3 Å². The first kappa shape index (κ1) is 19.4. The zero-order chi connectivity index (χ0) is 19.4. The van der Waals surface area contributed by atoms with Crippen LogP contribution in [0.3, 0.4) is 0 Å². The molecule has 1 unspecified atom stereocenters. The number of aliphatic hydroxyl groups is 1. The standard InChI is InChI=1S/C22H22F3NO/c1-15(19-11-5-7-16-6-2-3-10-20(16)19)26-13-12-21(27)17-8-4-9-18(14-17)22(23,24)25/h2-11,14-15,21,26-27H,12-13H2,1H3/t15-,21?/m1/s1. The van der Waals surface area contributed by atoms with Gasteiger partial charge in [-0.1, -0.05) is 54.6 Å². The minimum atomic E-state index is -4.41. The largest absolute Gasteiger partial charge is 0.416 e. The van der Waals surface area contributed by atoms with Crippen molar-refractivity contribution in [1.29, 1.82) is 0 Å². The number of halogens is 3. The third kappa shape index (κ3) is 4.67. The van der Waals surface area contributed by atoms with Crippen molar-refractivity contribution in [3.8, 4) is 0 Å². The van der Waals surface area contributed by atoms with Gasteiger partial charge >= 0.3 is 6.18 Å². The van der Waals surface area contributed by atoms with Gasteiger partial charge in [-0.25, -0.2) is 0 Å². The van der Waals surface area contributed by atoms with Crippen LogP contribution in [0.25, 0.3) is 10.8 Å². The van der Waals surface area contributed by atoms with Crippen molar-refractivity contribution in [3.63, 3.8) is 0 Å². The maximum Gasteiger partial charge on any atom is 0.416 e. The quantitative estimate of drug-likeness (QED) is 0.587. The topological polar surface area (TPSA) is 32.3 Å². The minimum absolute atomic E-state index is 0.0600. The van der Waals surface area contributed by atoms with Gasteiger partial charge in [0.25, 0.3) is 0 Å². The first-order valence-corrected chi connectivity index (χ1v) is 8.92. The summed E-state index contributed by atoms with van der Waals surface area (Å²) in [6, 6.07) is 19.2. The van der Waals surface area contributed by atoms with Gasteiger partial charge in [-0.15, -0.1) is 0 Å². The average molecular weight is 373 g/mol. The lowest BCUT2D eigenvalue weighted by molar-refractivity contribution is -0.137. The molecule has 0 aromatic heterocycles. The molecule has 0 saturated carbocycles. The second-order valence-electron chi connectivity index (χ2n) is 6.67. The van der Waals surface area contributed by atoms with Gasteiger partial charge in [0, 0.05) is 6.04 Å². The lowest BCUT2D eigenvalue weighted by Gasteiger charge is -2.18. The predicted molar refractivity (Wildman–Crippen MR) is 101 cm³/mol. The number of hydrogen-bond donors (Lipinski definition) is 2. The molecule has 0 aliphatic rings. The Balaban J connectivity index is 1.62. The molecule has 2 atom stereocenters. The molecule has 0 radical (unpaired) electrons. The zero-order valence-electron chi connectivity index (χ0n) is 15.0. The van der Waals surface area contributed by atoms with E-state index in [1.807, 2.05) is 25.1 Å². The van der Waals surface area contributed by atoms with Crippen LogP contribution < -0.4 is 5.32 Å². The van der Waals surface area contributed by atoms with Crippen LogP contribution in [-0.2, 0) is 6.18 Å². The van der Waals surface area contributed by atoms with Crippen LogP contribution in [0.15, 0.2) is 66.7 Å². The van der Waals surface area contributed by atoms with E-state index in [1.165, 1.54) is 17.5 Å². The Kier molecular flexibility index (Phi) is 5.82. The summed E-state index contributed by atoms with van der Waals surface area (Å²) in [6.45, 7) is 2.53. The van der Waals surface area contributed by atoms with Gasteiger partial charge in [-0.2, -0.15) is 13.2 Å². The summed E-state index contributed by atoms with van der Waals surface area (Å²) in [6.07, 6.45) is -5.02.